The molecule has 56 valence electrons. The fourth-order valence-electron chi connectivity index (χ4n) is 0.834. The van der Waals surface area contributed by atoms with Gasteiger partial charge in [-0.15, -0.1) is 0 Å². The van der Waals surface area contributed by atoms with E-state index < -0.39 is 0 Å². The Bertz CT molecular complexity index is 52.5. The minimum Gasteiger partial charge on any atom is -0.396 e. The molecule has 0 heterocycles. The Labute approximate surface area is 58.1 Å². The summed E-state index contributed by atoms with van der Waals surface area (Å²) < 4.78 is 0. The Morgan fingerprint density at radius 3 is 2.44 bits per heavy atom. The van der Waals surface area contributed by atoms with E-state index in [-0.39, 0.29) is 0 Å². The molecule has 0 saturated carbocycles. The minimum atomic E-state index is 0.351. The van der Waals surface area contributed by atoms with Crippen LogP contribution in [-0.2, 0) is 0 Å². The molecule has 1 nitrogen and oxygen atoms in total. The van der Waals surface area contributed by atoms with E-state index in [9.17, 15) is 0 Å². The second kappa shape index (κ2) is 6.09. The Balaban J connectivity index is 2.88. The van der Waals surface area contributed by atoms with Gasteiger partial charge in [-0.1, -0.05) is 33.1 Å². The molecule has 1 N–H and O–H groups in total. The summed E-state index contributed by atoms with van der Waals surface area (Å²) in [6.45, 7) is 4.64. The van der Waals surface area contributed by atoms with Crippen LogP contribution in [0.4, 0.5) is 0 Å². The van der Waals surface area contributed by atoms with Crippen molar-refractivity contribution in [2.45, 2.75) is 39.5 Å². The molecule has 0 aromatic heterocycles. The van der Waals surface area contributed by atoms with Crippen LogP contribution in [0.15, 0.2) is 0 Å². The van der Waals surface area contributed by atoms with Gasteiger partial charge in [0.1, 0.15) is 0 Å². The lowest BCUT2D eigenvalue weighted by molar-refractivity contribution is 0.227. The van der Waals surface area contributed by atoms with Gasteiger partial charge in [-0.2, -0.15) is 0 Å². The Hall–Kier alpha value is -0.0400. The number of aliphatic hydroxyl groups excluding tert-OH is 1. The van der Waals surface area contributed by atoms with Gasteiger partial charge in [0.05, 0.1) is 0 Å². The van der Waals surface area contributed by atoms with Crippen LogP contribution in [0.5, 0.6) is 0 Å². The van der Waals surface area contributed by atoms with Crippen LogP contribution in [-0.4, -0.2) is 11.7 Å². The van der Waals surface area contributed by atoms with Crippen LogP contribution in [0.25, 0.3) is 0 Å². The quantitative estimate of drug-likeness (QED) is 0.566. The molecule has 0 aliphatic carbocycles. The molecule has 9 heavy (non-hydrogen) atoms. The van der Waals surface area contributed by atoms with Crippen LogP contribution in [0.1, 0.15) is 39.5 Å². The number of hydrogen-bond acceptors (Lipinski definition) is 1. The summed E-state index contributed by atoms with van der Waals surface area (Å²) >= 11 is 0. The minimum absolute atomic E-state index is 0.351. The summed E-state index contributed by atoms with van der Waals surface area (Å²) in [7, 11) is 0. The van der Waals surface area contributed by atoms with Crippen molar-refractivity contribution in [2.75, 3.05) is 6.61 Å². The van der Waals surface area contributed by atoms with Crippen molar-refractivity contribution in [2.24, 2.45) is 5.92 Å². The van der Waals surface area contributed by atoms with E-state index in [1.54, 1.807) is 0 Å². The highest BCUT2D eigenvalue weighted by atomic mass is 16.3. The van der Waals surface area contributed by atoms with Crippen molar-refractivity contribution in [1.29, 1.82) is 0 Å². The van der Waals surface area contributed by atoms with Crippen molar-refractivity contribution in [1.82, 2.24) is 0 Å². The van der Waals surface area contributed by atoms with E-state index in [2.05, 4.69) is 13.8 Å². The molecule has 0 radical (unpaired) electrons. The third kappa shape index (κ3) is 5.84. The van der Waals surface area contributed by atoms with E-state index in [1.165, 1.54) is 25.7 Å². The molecule has 0 rings (SSSR count). The van der Waals surface area contributed by atoms with Gasteiger partial charge in [0.15, 0.2) is 0 Å². The highest BCUT2D eigenvalue weighted by Crippen LogP contribution is 2.07. The first-order valence-electron chi connectivity index (χ1n) is 3.92. The maximum Gasteiger partial charge on any atom is 0.0456 e. The lowest BCUT2D eigenvalue weighted by Crippen LogP contribution is -1.99. The van der Waals surface area contributed by atoms with Crippen molar-refractivity contribution < 1.29 is 5.11 Å². The van der Waals surface area contributed by atoms with E-state index in [4.69, 9.17) is 5.11 Å². The molecule has 0 aliphatic rings. The molecule has 1 atom stereocenters. The molecule has 0 unspecified atom stereocenters. The smallest absolute Gasteiger partial charge is 0.0456 e. The molecule has 0 saturated heterocycles. The lowest BCUT2D eigenvalue weighted by atomic mass is 10.0. The molecular formula is C8H18O. The molecule has 0 bridgehead atoms. The third-order valence-electron chi connectivity index (χ3n) is 1.61. The molecular weight excluding hydrogens is 112 g/mol. The monoisotopic (exact) mass is 130 g/mol. The second-order valence-corrected chi connectivity index (χ2v) is 2.78. The molecule has 0 aromatic carbocycles. The topological polar surface area (TPSA) is 20.2 Å². The van der Waals surface area contributed by atoms with E-state index in [0.717, 1.165) is 0 Å². The summed E-state index contributed by atoms with van der Waals surface area (Å²) in [6.07, 6.45) is 5.05. The zero-order valence-electron chi connectivity index (χ0n) is 6.56. The van der Waals surface area contributed by atoms with Crippen LogP contribution in [0.2, 0.25) is 0 Å². The van der Waals surface area contributed by atoms with Crippen molar-refractivity contribution in [3.63, 3.8) is 0 Å². The zero-order valence-corrected chi connectivity index (χ0v) is 6.56. The van der Waals surface area contributed by atoms with Gasteiger partial charge in [0, 0.05) is 6.61 Å². The average molecular weight is 130 g/mol. The van der Waals surface area contributed by atoms with Gasteiger partial charge in [-0.05, 0) is 12.3 Å². The third-order valence-corrected chi connectivity index (χ3v) is 1.61. The van der Waals surface area contributed by atoms with E-state index >= 15 is 0 Å². The fourth-order valence-corrected chi connectivity index (χ4v) is 0.834. The maximum absolute atomic E-state index is 8.63. The number of rotatable bonds is 5. The first kappa shape index (κ1) is 8.96. The zero-order chi connectivity index (χ0) is 7.11. The van der Waals surface area contributed by atoms with E-state index in [0.29, 0.717) is 12.5 Å². The van der Waals surface area contributed by atoms with Gasteiger partial charge >= 0.3 is 0 Å². The predicted octanol–water partition coefficient (Wildman–Crippen LogP) is 2.20. The van der Waals surface area contributed by atoms with Crippen molar-refractivity contribution >= 4 is 0 Å². The predicted molar refractivity (Wildman–Crippen MR) is 40.4 cm³/mol. The first-order valence-corrected chi connectivity index (χ1v) is 3.92. The maximum atomic E-state index is 8.63. The highest BCUT2D eigenvalue weighted by molar-refractivity contribution is 4.49. The largest absolute Gasteiger partial charge is 0.396 e. The first-order chi connectivity index (χ1) is 4.31. The van der Waals surface area contributed by atoms with E-state index in [1.807, 2.05) is 0 Å². The average Bonchev–Trinajstić information content (AvgIpc) is 1.89. The SMILES string of the molecule is CCCCC[C@@H](C)CO. The van der Waals surface area contributed by atoms with Gasteiger partial charge in [0.25, 0.3) is 0 Å². The molecule has 0 aromatic rings. The summed E-state index contributed by atoms with van der Waals surface area (Å²) in [5, 5.41) is 8.63. The Morgan fingerprint density at radius 1 is 1.33 bits per heavy atom. The van der Waals surface area contributed by atoms with Crippen LogP contribution >= 0.6 is 0 Å². The Kier molecular flexibility index (Phi) is 6.06. The Morgan fingerprint density at radius 2 is 2.00 bits per heavy atom. The lowest BCUT2D eigenvalue weighted by Gasteiger charge is -2.04. The fraction of sp³-hybridized carbons (Fsp3) is 1.00. The summed E-state index contributed by atoms with van der Waals surface area (Å²) in [6, 6.07) is 0. The molecule has 0 spiro atoms. The molecule has 0 fully saturated rings. The van der Waals surface area contributed by atoms with Gasteiger partial charge < -0.3 is 5.11 Å². The summed E-state index contributed by atoms with van der Waals surface area (Å²) in [5.41, 5.74) is 0. The number of aliphatic hydroxyl groups is 1. The van der Waals surface area contributed by atoms with Crippen LogP contribution in [0, 0.1) is 5.92 Å². The van der Waals surface area contributed by atoms with Crippen LogP contribution < -0.4 is 0 Å². The van der Waals surface area contributed by atoms with Gasteiger partial charge in [-0.25, -0.2) is 0 Å². The molecule has 0 aliphatic heterocycles. The number of hydrogen-bond donors (Lipinski definition) is 1. The van der Waals surface area contributed by atoms with Gasteiger partial charge in [0.2, 0.25) is 0 Å². The van der Waals surface area contributed by atoms with Gasteiger partial charge in [-0.3, -0.25) is 0 Å². The normalized spacial score (nSPS) is 13.7. The summed E-state index contributed by atoms with van der Waals surface area (Å²) in [4.78, 5) is 0. The van der Waals surface area contributed by atoms with Crippen molar-refractivity contribution in [3.05, 3.63) is 0 Å². The standard InChI is InChI=1S/C8H18O/c1-3-4-5-6-8(2)7-9/h8-9H,3-7H2,1-2H3/t8-/m1/s1. The highest BCUT2D eigenvalue weighted by Gasteiger charge is 1.96. The van der Waals surface area contributed by atoms with Crippen LogP contribution in [0.3, 0.4) is 0 Å². The summed E-state index contributed by atoms with van der Waals surface area (Å²) in [5.74, 6) is 0.511. The number of unbranched alkanes of at least 4 members (excludes halogenated alkanes) is 2. The molecule has 1 heteroatoms. The molecule has 0 amide bonds. The second-order valence-electron chi connectivity index (χ2n) is 2.78. The van der Waals surface area contributed by atoms with Crippen molar-refractivity contribution in [3.8, 4) is 0 Å².